The highest BCUT2D eigenvalue weighted by atomic mass is 19.4. The number of rotatable bonds is 8. The molecule has 0 saturated heterocycles. The zero-order chi connectivity index (χ0) is 24.5. The van der Waals surface area contributed by atoms with Crippen LogP contribution >= 0.6 is 0 Å². The maximum atomic E-state index is 13.6. The third kappa shape index (κ3) is 5.09. The van der Waals surface area contributed by atoms with Gasteiger partial charge in [0.05, 0.1) is 17.7 Å². The Balaban J connectivity index is 1.57. The van der Waals surface area contributed by atoms with Crippen molar-refractivity contribution in [2.75, 3.05) is 14.1 Å². The molecule has 1 aliphatic carbocycles. The highest BCUT2D eigenvalue weighted by molar-refractivity contribution is 5.68. The molecule has 0 fully saturated rings. The van der Waals surface area contributed by atoms with Crippen LogP contribution < -0.4 is 4.74 Å². The minimum absolute atomic E-state index is 0.140. The van der Waals surface area contributed by atoms with Crippen LogP contribution in [0, 0.1) is 0 Å². The van der Waals surface area contributed by atoms with Crippen molar-refractivity contribution in [2.24, 2.45) is 0 Å². The third-order valence-electron chi connectivity index (χ3n) is 6.00. The van der Waals surface area contributed by atoms with Crippen molar-refractivity contribution in [3.05, 3.63) is 82.2 Å². The van der Waals surface area contributed by atoms with Gasteiger partial charge >= 0.3 is 12.1 Å². The summed E-state index contributed by atoms with van der Waals surface area (Å²) in [5.74, 6) is -0.862. The SMILES string of the molecule is CN(C)Cc1c(C(F)(F)F)ccc2c1CC[C@H]2Oc1ccc([C@H](CC(=O)O)c2ccon2)cc1. The van der Waals surface area contributed by atoms with Crippen molar-refractivity contribution in [2.45, 2.75) is 44.0 Å². The summed E-state index contributed by atoms with van der Waals surface area (Å²) >= 11 is 0. The van der Waals surface area contributed by atoms with E-state index in [1.165, 1.54) is 12.3 Å². The second-order valence-corrected chi connectivity index (χ2v) is 8.68. The van der Waals surface area contributed by atoms with Gasteiger partial charge in [-0.05, 0) is 67.4 Å². The van der Waals surface area contributed by atoms with Crippen molar-refractivity contribution in [1.82, 2.24) is 10.1 Å². The monoisotopic (exact) mass is 474 g/mol. The van der Waals surface area contributed by atoms with Crippen LogP contribution in [-0.4, -0.2) is 35.2 Å². The van der Waals surface area contributed by atoms with Gasteiger partial charge in [-0.15, -0.1) is 0 Å². The molecule has 0 aliphatic heterocycles. The molecule has 0 bridgehead atoms. The van der Waals surface area contributed by atoms with Gasteiger partial charge in [-0.2, -0.15) is 13.2 Å². The van der Waals surface area contributed by atoms with E-state index >= 15 is 0 Å². The number of carboxylic acids is 1. The molecule has 9 heteroatoms. The highest BCUT2D eigenvalue weighted by Gasteiger charge is 2.37. The number of alkyl halides is 3. The molecule has 0 spiro atoms. The molecule has 1 heterocycles. The maximum Gasteiger partial charge on any atom is 0.416 e. The van der Waals surface area contributed by atoms with Gasteiger partial charge in [0.1, 0.15) is 18.1 Å². The molecule has 0 saturated carbocycles. The van der Waals surface area contributed by atoms with E-state index in [2.05, 4.69) is 5.16 Å². The lowest BCUT2D eigenvalue weighted by Crippen LogP contribution is -2.18. The van der Waals surface area contributed by atoms with Crippen LogP contribution in [0.15, 0.2) is 53.3 Å². The van der Waals surface area contributed by atoms with Crippen LogP contribution in [0.2, 0.25) is 0 Å². The second kappa shape index (κ2) is 9.50. The van der Waals surface area contributed by atoms with Crippen LogP contribution in [0.4, 0.5) is 13.2 Å². The Kier molecular flexibility index (Phi) is 6.65. The van der Waals surface area contributed by atoms with E-state index < -0.39 is 23.6 Å². The Hall–Kier alpha value is -3.33. The highest BCUT2D eigenvalue weighted by Crippen LogP contribution is 2.42. The second-order valence-electron chi connectivity index (χ2n) is 8.68. The third-order valence-corrected chi connectivity index (χ3v) is 6.00. The summed E-state index contributed by atoms with van der Waals surface area (Å²) in [6, 6.07) is 11.3. The minimum Gasteiger partial charge on any atom is -0.486 e. The first-order valence-corrected chi connectivity index (χ1v) is 10.9. The molecule has 0 unspecified atom stereocenters. The molecule has 1 aliphatic rings. The summed E-state index contributed by atoms with van der Waals surface area (Å²) in [5, 5.41) is 13.1. The summed E-state index contributed by atoms with van der Waals surface area (Å²) < 4.78 is 51.8. The van der Waals surface area contributed by atoms with Crippen LogP contribution in [-0.2, 0) is 23.9 Å². The molecule has 0 amide bonds. The Morgan fingerprint density at radius 1 is 1.21 bits per heavy atom. The molecule has 2 aromatic carbocycles. The van der Waals surface area contributed by atoms with Crippen molar-refractivity contribution in [3.8, 4) is 5.75 Å². The number of fused-ring (bicyclic) bond motifs is 1. The maximum absolute atomic E-state index is 13.6. The summed E-state index contributed by atoms with van der Waals surface area (Å²) in [6.45, 7) is 0.201. The van der Waals surface area contributed by atoms with E-state index in [1.54, 1.807) is 49.3 Å². The van der Waals surface area contributed by atoms with Crippen molar-refractivity contribution < 1.29 is 32.3 Å². The molecular weight excluding hydrogens is 449 g/mol. The minimum atomic E-state index is -4.41. The number of benzene rings is 2. The number of ether oxygens (including phenoxy) is 1. The lowest BCUT2D eigenvalue weighted by atomic mass is 9.92. The summed E-state index contributed by atoms with van der Waals surface area (Å²) in [7, 11) is 3.50. The molecule has 180 valence electrons. The Morgan fingerprint density at radius 3 is 2.53 bits per heavy atom. The molecule has 3 aromatic rings. The van der Waals surface area contributed by atoms with Crippen molar-refractivity contribution in [1.29, 1.82) is 0 Å². The molecule has 1 aromatic heterocycles. The number of hydrogen-bond donors (Lipinski definition) is 1. The van der Waals surface area contributed by atoms with E-state index in [-0.39, 0.29) is 19.1 Å². The van der Waals surface area contributed by atoms with Crippen LogP contribution in [0.3, 0.4) is 0 Å². The number of carbonyl (C=O) groups is 1. The van der Waals surface area contributed by atoms with Crippen LogP contribution in [0.25, 0.3) is 0 Å². The van der Waals surface area contributed by atoms with Gasteiger partial charge in [0.15, 0.2) is 0 Å². The van der Waals surface area contributed by atoms with Crippen molar-refractivity contribution >= 4 is 5.97 Å². The fourth-order valence-corrected chi connectivity index (χ4v) is 4.54. The molecule has 34 heavy (non-hydrogen) atoms. The Labute approximate surface area is 194 Å². The van der Waals surface area contributed by atoms with E-state index in [1.807, 2.05) is 0 Å². The summed E-state index contributed by atoms with van der Waals surface area (Å²) in [4.78, 5) is 13.1. The van der Waals surface area contributed by atoms with Gasteiger partial charge in [0, 0.05) is 18.5 Å². The number of nitrogens with zero attached hydrogens (tertiary/aromatic N) is 2. The topological polar surface area (TPSA) is 75.8 Å². The predicted octanol–water partition coefficient (Wildman–Crippen LogP) is 5.43. The first-order valence-electron chi connectivity index (χ1n) is 10.9. The fraction of sp³-hybridized carbons (Fsp3) is 0.360. The fourth-order valence-electron chi connectivity index (χ4n) is 4.54. The van der Waals surface area contributed by atoms with E-state index in [9.17, 15) is 23.1 Å². The van der Waals surface area contributed by atoms with Gasteiger partial charge < -0.3 is 19.3 Å². The molecule has 2 atom stereocenters. The molecular formula is C25H25F3N2O4. The average molecular weight is 474 g/mol. The first-order chi connectivity index (χ1) is 16.1. The Bertz CT molecular complexity index is 1140. The van der Waals surface area contributed by atoms with E-state index in [0.717, 1.165) is 17.2 Å². The molecule has 6 nitrogen and oxygen atoms in total. The quantitative estimate of drug-likeness (QED) is 0.469. The lowest BCUT2D eigenvalue weighted by Gasteiger charge is -2.21. The van der Waals surface area contributed by atoms with Crippen LogP contribution in [0.5, 0.6) is 5.75 Å². The van der Waals surface area contributed by atoms with Crippen molar-refractivity contribution in [3.63, 3.8) is 0 Å². The zero-order valence-electron chi connectivity index (χ0n) is 18.8. The number of aliphatic carboxylic acids is 1. The molecule has 4 rings (SSSR count). The smallest absolute Gasteiger partial charge is 0.416 e. The lowest BCUT2D eigenvalue weighted by molar-refractivity contribution is -0.139. The predicted molar refractivity (Wildman–Crippen MR) is 118 cm³/mol. The largest absolute Gasteiger partial charge is 0.486 e. The standard InChI is InChI=1S/C25H25F3N2O4/c1-30(2)14-20-17-8-10-23(18(17)7-9-21(20)25(26,27)28)34-16-5-3-15(4-6-16)19(13-24(31)32)22-11-12-33-29-22/h3-7,9,11-12,19,23H,8,10,13-14H2,1-2H3,(H,31,32)/t19-,23+/m0/s1. The number of halogens is 3. The molecule has 0 radical (unpaired) electrons. The zero-order valence-corrected chi connectivity index (χ0v) is 18.8. The van der Waals surface area contributed by atoms with E-state index in [4.69, 9.17) is 9.26 Å². The average Bonchev–Trinajstić information content (AvgIpc) is 3.42. The van der Waals surface area contributed by atoms with Crippen LogP contribution in [0.1, 0.15) is 58.4 Å². The Morgan fingerprint density at radius 2 is 1.94 bits per heavy atom. The summed E-state index contributed by atoms with van der Waals surface area (Å²) in [5.41, 5.74) is 2.47. The van der Waals surface area contributed by atoms with Gasteiger partial charge in [-0.3, -0.25) is 4.79 Å². The number of aromatic nitrogens is 1. The van der Waals surface area contributed by atoms with Gasteiger partial charge in [0.25, 0.3) is 0 Å². The van der Waals surface area contributed by atoms with E-state index in [0.29, 0.717) is 35.4 Å². The number of carboxylic acid groups (broad SMARTS) is 1. The normalized spacial score (nSPS) is 16.5. The van der Waals surface area contributed by atoms with Gasteiger partial charge in [-0.25, -0.2) is 0 Å². The summed E-state index contributed by atoms with van der Waals surface area (Å²) in [6.07, 6.45) is -2.41. The van der Waals surface area contributed by atoms with Gasteiger partial charge in [-0.1, -0.05) is 23.4 Å². The molecule has 1 N–H and O–H groups in total. The first kappa shape index (κ1) is 23.8. The van der Waals surface area contributed by atoms with Gasteiger partial charge in [0.2, 0.25) is 0 Å². The number of hydrogen-bond acceptors (Lipinski definition) is 5.